The number of nitrogens with one attached hydrogen (secondary N) is 1. The molecule has 0 aromatic heterocycles. The second-order valence-electron chi connectivity index (χ2n) is 6.58. The lowest BCUT2D eigenvalue weighted by Gasteiger charge is -2.29. The minimum absolute atomic E-state index is 0.0430. The third-order valence-corrected chi connectivity index (χ3v) is 4.52. The average Bonchev–Trinajstić information content (AvgIpc) is 2.65. The Morgan fingerprint density at radius 1 is 1.04 bits per heavy atom. The first-order chi connectivity index (χ1) is 12.5. The molecule has 0 saturated heterocycles. The van der Waals surface area contributed by atoms with Crippen molar-refractivity contribution < 1.29 is 9.59 Å². The number of aryl methyl sites for hydroxylation is 1. The monoisotopic (exact) mass is 352 g/mol. The van der Waals surface area contributed by atoms with E-state index in [0.717, 1.165) is 23.1 Å². The van der Waals surface area contributed by atoms with Crippen LogP contribution in [0.1, 0.15) is 37.0 Å². The Hall–Kier alpha value is -2.62. The zero-order valence-electron chi connectivity index (χ0n) is 15.9. The van der Waals surface area contributed by atoms with Crippen molar-refractivity contribution >= 4 is 11.8 Å². The van der Waals surface area contributed by atoms with Gasteiger partial charge >= 0.3 is 0 Å². The van der Waals surface area contributed by atoms with Crippen molar-refractivity contribution in [1.29, 1.82) is 0 Å². The number of benzene rings is 2. The fourth-order valence-electron chi connectivity index (χ4n) is 2.82. The Kier molecular flexibility index (Phi) is 7.39. The van der Waals surface area contributed by atoms with Crippen LogP contribution < -0.4 is 5.32 Å². The summed E-state index contributed by atoms with van der Waals surface area (Å²) in [6.07, 6.45) is 1.16. The van der Waals surface area contributed by atoms with Crippen LogP contribution in [0.5, 0.6) is 0 Å². The Labute approximate surface area is 156 Å². The lowest BCUT2D eigenvalue weighted by molar-refractivity contribution is -0.140. The summed E-state index contributed by atoms with van der Waals surface area (Å²) in [6.45, 7) is 6.88. The van der Waals surface area contributed by atoms with Gasteiger partial charge in [-0.25, -0.2) is 0 Å². The molecule has 2 aromatic carbocycles. The summed E-state index contributed by atoms with van der Waals surface area (Å²) in [5, 5.41) is 2.90. The Morgan fingerprint density at radius 2 is 1.69 bits per heavy atom. The van der Waals surface area contributed by atoms with Crippen LogP contribution in [-0.4, -0.2) is 29.3 Å². The van der Waals surface area contributed by atoms with Gasteiger partial charge in [-0.2, -0.15) is 0 Å². The first-order valence-electron chi connectivity index (χ1n) is 9.18. The van der Waals surface area contributed by atoms with Crippen molar-refractivity contribution in [2.45, 2.75) is 46.2 Å². The van der Waals surface area contributed by atoms with E-state index in [0.29, 0.717) is 13.1 Å². The third kappa shape index (κ3) is 5.45. The van der Waals surface area contributed by atoms with E-state index in [2.05, 4.69) is 5.32 Å². The first kappa shape index (κ1) is 19.7. The molecule has 0 heterocycles. The quantitative estimate of drug-likeness (QED) is 0.791. The molecular formula is C22H28N2O2. The normalized spacial score (nSPS) is 11.7. The number of nitrogens with zero attached hydrogens (tertiary/aromatic N) is 1. The zero-order chi connectivity index (χ0) is 18.9. The highest BCUT2D eigenvalue weighted by atomic mass is 16.2. The minimum atomic E-state index is -0.516. The molecule has 1 atom stereocenters. The maximum absolute atomic E-state index is 13.0. The molecule has 0 saturated carbocycles. The first-order valence-corrected chi connectivity index (χ1v) is 9.18. The maximum atomic E-state index is 13.0. The number of carbonyl (C=O) groups is 2. The molecule has 2 rings (SSSR count). The molecule has 0 aliphatic rings. The average molecular weight is 352 g/mol. The van der Waals surface area contributed by atoms with Crippen molar-refractivity contribution in [2.75, 3.05) is 6.54 Å². The maximum Gasteiger partial charge on any atom is 0.242 e. The van der Waals surface area contributed by atoms with Gasteiger partial charge in [-0.05, 0) is 37.0 Å². The van der Waals surface area contributed by atoms with E-state index < -0.39 is 6.04 Å². The summed E-state index contributed by atoms with van der Waals surface area (Å²) < 4.78 is 0. The lowest BCUT2D eigenvalue weighted by atomic mass is 10.1. The zero-order valence-corrected chi connectivity index (χ0v) is 15.9. The summed E-state index contributed by atoms with van der Waals surface area (Å²) >= 11 is 0. The molecule has 0 aliphatic carbocycles. The van der Waals surface area contributed by atoms with Crippen molar-refractivity contribution in [1.82, 2.24) is 10.2 Å². The number of rotatable bonds is 8. The van der Waals surface area contributed by atoms with Crippen LogP contribution in [0.2, 0.25) is 0 Å². The fourth-order valence-corrected chi connectivity index (χ4v) is 2.82. The van der Waals surface area contributed by atoms with Gasteiger partial charge in [0.1, 0.15) is 6.04 Å². The van der Waals surface area contributed by atoms with E-state index in [1.807, 2.05) is 68.4 Å². The molecule has 2 amide bonds. The molecule has 138 valence electrons. The SMILES string of the molecule is CCCNC(=O)[C@@H](C)N(Cc1ccccc1C)C(=O)Cc1ccccc1. The van der Waals surface area contributed by atoms with Gasteiger partial charge in [-0.1, -0.05) is 61.5 Å². The van der Waals surface area contributed by atoms with E-state index in [4.69, 9.17) is 0 Å². The van der Waals surface area contributed by atoms with E-state index in [9.17, 15) is 9.59 Å². The summed E-state index contributed by atoms with van der Waals surface area (Å²) in [4.78, 5) is 27.1. The number of amides is 2. The van der Waals surface area contributed by atoms with Crippen molar-refractivity contribution in [3.05, 3.63) is 71.3 Å². The largest absolute Gasteiger partial charge is 0.354 e. The molecule has 0 radical (unpaired) electrons. The van der Waals surface area contributed by atoms with Crippen molar-refractivity contribution in [3.63, 3.8) is 0 Å². The molecule has 2 aromatic rings. The van der Waals surface area contributed by atoms with Crippen molar-refractivity contribution in [3.8, 4) is 0 Å². The van der Waals surface area contributed by atoms with Crippen LogP contribution in [0.25, 0.3) is 0 Å². The van der Waals surface area contributed by atoms with Gasteiger partial charge < -0.3 is 10.2 Å². The fraction of sp³-hybridized carbons (Fsp3) is 0.364. The van der Waals surface area contributed by atoms with E-state index in [1.54, 1.807) is 11.8 Å². The topological polar surface area (TPSA) is 49.4 Å². The molecular weight excluding hydrogens is 324 g/mol. The summed E-state index contributed by atoms with van der Waals surface area (Å²) in [5.74, 6) is -0.152. The molecule has 0 unspecified atom stereocenters. The van der Waals surface area contributed by atoms with Gasteiger partial charge in [0.2, 0.25) is 11.8 Å². The predicted octanol–water partition coefficient (Wildman–Crippen LogP) is 3.48. The second-order valence-corrected chi connectivity index (χ2v) is 6.58. The third-order valence-electron chi connectivity index (χ3n) is 4.52. The van der Waals surface area contributed by atoms with Crippen LogP contribution in [0.4, 0.5) is 0 Å². The van der Waals surface area contributed by atoms with Gasteiger partial charge in [0.05, 0.1) is 6.42 Å². The van der Waals surface area contributed by atoms with Gasteiger partial charge in [0.25, 0.3) is 0 Å². The molecule has 4 heteroatoms. The summed E-state index contributed by atoms with van der Waals surface area (Å²) in [7, 11) is 0. The Bertz CT molecular complexity index is 728. The number of hydrogen-bond acceptors (Lipinski definition) is 2. The second kappa shape index (κ2) is 9.76. The van der Waals surface area contributed by atoms with E-state index in [1.165, 1.54) is 0 Å². The molecule has 26 heavy (non-hydrogen) atoms. The standard InChI is InChI=1S/C22H28N2O2/c1-4-14-23-22(26)18(3)24(16-20-13-9-8-10-17(20)2)21(25)15-19-11-6-5-7-12-19/h5-13,18H,4,14-16H2,1-3H3,(H,23,26)/t18-/m1/s1. The van der Waals surface area contributed by atoms with Crippen molar-refractivity contribution in [2.24, 2.45) is 0 Å². The highest BCUT2D eigenvalue weighted by molar-refractivity contribution is 5.88. The molecule has 4 nitrogen and oxygen atoms in total. The summed E-state index contributed by atoms with van der Waals surface area (Å²) in [5.41, 5.74) is 3.13. The van der Waals surface area contributed by atoms with Crippen LogP contribution in [-0.2, 0) is 22.6 Å². The smallest absolute Gasteiger partial charge is 0.242 e. The van der Waals surface area contributed by atoms with E-state index >= 15 is 0 Å². The van der Waals surface area contributed by atoms with Gasteiger partial charge in [0.15, 0.2) is 0 Å². The molecule has 0 aliphatic heterocycles. The lowest BCUT2D eigenvalue weighted by Crippen LogP contribution is -2.48. The van der Waals surface area contributed by atoms with E-state index in [-0.39, 0.29) is 18.2 Å². The van der Waals surface area contributed by atoms with Crippen LogP contribution >= 0.6 is 0 Å². The minimum Gasteiger partial charge on any atom is -0.354 e. The van der Waals surface area contributed by atoms with Crippen LogP contribution in [0.15, 0.2) is 54.6 Å². The molecule has 0 spiro atoms. The molecule has 0 bridgehead atoms. The van der Waals surface area contributed by atoms with Gasteiger partial charge in [-0.15, -0.1) is 0 Å². The van der Waals surface area contributed by atoms with Gasteiger partial charge in [-0.3, -0.25) is 9.59 Å². The highest BCUT2D eigenvalue weighted by Crippen LogP contribution is 2.15. The van der Waals surface area contributed by atoms with Crippen LogP contribution in [0, 0.1) is 6.92 Å². The Balaban J connectivity index is 2.21. The predicted molar refractivity (Wildman–Crippen MR) is 105 cm³/mol. The highest BCUT2D eigenvalue weighted by Gasteiger charge is 2.26. The summed E-state index contributed by atoms with van der Waals surface area (Å²) in [6, 6.07) is 17.1. The Morgan fingerprint density at radius 3 is 2.35 bits per heavy atom. The molecule has 1 N–H and O–H groups in total. The number of carbonyl (C=O) groups excluding carboxylic acids is 2. The number of hydrogen-bond donors (Lipinski definition) is 1. The molecule has 0 fully saturated rings. The van der Waals surface area contributed by atoms with Crippen LogP contribution in [0.3, 0.4) is 0 Å². The van der Waals surface area contributed by atoms with Gasteiger partial charge in [0, 0.05) is 13.1 Å².